The highest BCUT2D eigenvalue weighted by Gasteiger charge is 2.30. The van der Waals surface area contributed by atoms with Gasteiger partial charge < -0.3 is 10.2 Å². The average Bonchev–Trinajstić information content (AvgIpc) is 3.06. The molecular formula is C18H21N3OS. The summed E-state index contributed by atoms with van der Waals surface area (Å²) >= 11 is 1.71. The maximum atomic E-state index is 13.1. The quantitative estimate of drug-likeness (QED) is 0.922. The number of piperazine rings is 1. The fourth-order valence-corrected chi connectivity index (χ4v) is 4.77. The summed E-state index contributed by atoms with van der Waals surface area (Å²) in [4.78, 5) is 21.7. The van der Waals surface area contributed by atoms with Crippen LogP contribution in [0.5, 0.6) is 0 Å². The molecule has 120 valence electrons. The molecule has 0 saturated carbocycles. The standard InChI is InChI=1S/C18H21N3OS/c22-18(17-10-13-4-1-2-6-16(13)23-17)21-9-8-20-12-15(21)14-5-3-7-19-11-14/h3,5,7,10-11,15,20H,1-2,4,6,8-9,12H2. The Morgan fingerprint density at radius 3 is 3.09 bits per heavy atom. The molecule has 0 aromatic carbocycles. The molecular weight excluding hydrogens is 306 g/mol. The van der Waals surface area contributed by atoms with Crippen molar-refractivity contribution in [2.45, 2.75) is 31.7 Å². The van der Waals surface area contributed by atoms with Crippen molar-refractivity contribution >= 4 is 17.2 Å². The zero-order chi connectivity index (χ0) is 15.6. The molecule has 23 heavy (non-hydrogen) atoms. The van der Waals surface area contributed by atoms with Crippen LogP contribution in [0.4, 0.5) is 0 Å². The highest BCUT2D eigenvalue weighted by atomic mass is 32.1. The van der Waals surface area contributed by atoms with E-state index in [0.717, 1.165) is 42.9 Å². The number of pyridine rings is 1. The second kappa shape index (κ2) is 6.42. The van der Waals surface area contributed by atoms with Crippen molar-refractivity contribution < 1.29 is 4.79 Å². The summed E-state index contributed by atoms with van der Waals surface area (Å²) in [6.07, 6.45) is 8.43. The Hall–Kier alpha value is -1.72. The van der Waals surface area contributed by atoms with Crippen LogP contribution in [0.2, 0.25) is 0 Å². The van der Waals surface area contributed by atoms with Crippen molar-refractivity contribution in [2.24, 2.45) is 0 Å². The second-order valence-electron chi connectivity index (χ2n) is 6.27. The SMILES string of the molecule is O=C(c1cc2c(s1)CCCC2)N1CCNCC1c1cccnc1. The molecule has 1 aliphatic carbocycles. The molecule has 1 fully saturated rings. The monoisotopic (exact) mass is 327 g/mol. The highest BCUT2D eigenvalue weighted by Crippen LogP contribution is 2.32. The molecule has 1 saturated heterocycles. The Morgan fingerprint density at radius 2 is 2.26 bits per heavy atom. The Morgan fingerprint density at radius 1 is 1.35 bits per heavy atom. The Balaban J connectivity index is 1.61. The lowest BCUT2D eigenvalue weighted by Crippen LogP contribution is -2.48. The molecule has 0 spiro atoms. The zero-order valence-electron chi connectivity index (χ0n) is 13.1. The normalized spacial score (nSPS) is 21.0. The molecule has 0 bridgehead atoms. The minimum Gasteiger partial charge on any atom is -0.328 e. The van der Waals surface area contributed by atoms with Crippen LogP contribution in [0, 0.1) is 0 Å². The van der Waals surface area contributed by atoms with Gasteiger partial charge in [-0.05, 0) is 48.9 Å². The minimum absolute atomic E-state index is 0.0732. The summed E-state index contributed by atoms with van der Waals surface area (Å²) in [5.41, 5.74) is 2.51. The van der Waals surface area contributed by atoms with Gasteiger partial charge in [-0.25, -0.2) is 0 Å². The van der Waals surface area contributed by atoms with Crippen LogP contribution in [0.3, 0.4) is 0 Å². The van der Waals surface area contributed by atoms with Gasteiger partial charge in [0, 0.05) is 36.9 Å². The van der Waals surface area contributed by atoms with Gasteiger partial charge >= 0.3 is 0 Å². The van der Waals surface area contributed by atoms with Crippen molar-refractivity contribution in [3.05, 3.63) is 51.5 Å². The fourth-order valence-electron chi connectivity index (χ4n) is 3.56. The smallest absolute Gasteiger partial charge is 0.264 e. The van der Waals surface area contributed by atoms with E-state index in [9.17, 15) is 4.79 Å². The van der Waals surface area contributed by atoms with Crippen LogP contribution in [-0.2, 0) is 12.8 Å². The molecule has 1 atom stereocenters. The van der Waals surface area contributed by atoms with Gasteiger partial charge in [-0.1, -0.05) is 6.07 Å². The van der Waals surface area contributed by atoms with Gasteiger partial charge in [0.2, 0.25) is 0 Å². The van der Waals surface area contributed by atoms with Gasteiger partial charge in [0.25, 0.3) is 5.91 Å². The predicted molar refractivity (Wildman–Crippen MR) is 91.8 cm³/mol. The van der Waals surface area contributed by atoms with E-state index in [1.807, 2.05) is 17.2 Å². The van der Waals surface area contributed by atoms with Gasteiger partial charge in [0.1, 0.15) is 0 Å². The van der Waals surface area contributed by atoms with Gasteiger partial charge in [-0.15, -0.1) is 11.3 Å². The number of aryl methyl sites for hydroxylation is 2. The van der Waals surface area contributed by atoms with Gasteiger partial charge in [-0.2, -0.15) is 0 Å². The van der Waals surface area contributed by atoms with Crippen molar-refractivity contribution in [2.75, 3.05) is 19.6 Å². The molecule has 1 amide bonds. The van der Waals surface area contributed by atoms with E-state index < -0.39 is 0 Å². The maximum absolute atomic E-state index is 13.1. The number of rotatable bonds is 2. The Labute approximate surface area is 140 Å². The minimum atomic E-state index is 0.0732. The van der Waals surface area contributed by atoms with Crippen LogP contribution in [0.1, 0.15) is 44.6 Å². The number of aromatic nitrogens is 1. The van der Waals surface area contributed by atoms with Gasteiger partial charge in [-0.3, -0.25) is 9.78 Å². The summed E-state index contributed by atoms with van der Waals surface area (Å²) in [6, 6.07) is 6.22. The first-order chi connectivity index (χ1) is 11.3. The lowest BCUT2D eigenvalue weighted by molar-refractivity contribution is 0.0639. The molecule has 1 N–H and O–H groups in total. The third-order valence-electron chi connectivity index (χ3n) is 4.78. The van der Waals surface area contributed by atoms with E-state index in [-0.39, 0.29) is 11.9 Å². The largest absolute Gasteiger partial charge is 0.328 e. The van der Waals surface area contributed by atoms with Crippen LogP contribution in [0.15, 0.2) is 30.6 Å². The molecule has 0 radical (unpaired) electrons. The molecule has 2 aromatic rings. The highest BCUT2D eigenvalue weighted by molar-refractivity contribution is 7.14. The van der Waals surface area contributed by atoms with Crippen LogP contribution in [-0.4, -0.2) is 35.4 Å². The van der Waals surface area contributed by atoms with Gasteiger partial charge in [0.05, 0.1) is 10.9 Å². The van der Waals surface area contributed by atoms with E-state index in [2.05, 4.69) is 22.4 Å². The molecule has 2 aromatic heterocycles. The summed E-state index contributed by atoms with van der Waals surface area (Å²) in [6.45, 7) is 2.40. The number of carbonyl (C=O) groups excluding carboxylic acids is 1. The first kappa shape index (κ1) is 14.8. The summed E-state index contributed by atoms with van der Waals surface area (Å²) in [7, 11) is 0. The molecule has 3 heterocycles. The van der Waals surface area contributed by atoms with E-state index in [1.54, 1.807) is 17.5 Å². The molecule has 1 aliphatic heterocycles. The van der Waals surface area contributed by atoms with Crippen LogP contribution < -0.4 is 5.32 Å². The lowest BCUT2D eigenvalue weighted by atomic mass is 9.99. The number of hydrogen-bond donors (Lipinski definition) is 1. The molecule has 5 heteroatoms. The van der Waals surface area contributed by atoms with E-state index in [4.69, 9.17) is 0 Å². The third kappa shape index (κ3) is 2.91. The predicted octanol–water partition coefficient (Wildman–Crippen LogP) is 2.81. The Kier molecular flexibility index (Phi) is 4.14. The van der Waals surface area contributed by atoms with E-state index in [0.29, 0.717) is 0 Å². The molecule has 1 unspecified atom stereocenters. The topological polar surface area (TPSA) is 45.2 Å². The van der Waals surface area contributed by atoms with Crippen molar-refractivity contribution in [3.63, 3.8) is 0 Å². The van der Waals surface area contributed by atoms with E-state index >= 15 is 0 Å². The fraction of sp³-hybridized carbons (Fsp3) is 0.444. The van der Waals surface area contributed by atoms with Crippen LogP contribution in [0.25, 0.3) is 0 Å². The average molecular weight is 327 g/mol. The molecule has 2 aliphatic rings. The molecule has 4 rings (SSSR count). The summed E-state index contributed by atoms with van der Waals surface area (Å²) in [5, 5.41) is 3.40. The number of hydrogen-bond acceptors (Lipinski definition) is 4. The number of nitrogens with zero attached hydrogens (tertiary/aromatic N) is 2. The van der Waals surface area contributed by atoms with Gasteiger partial charge in [0.15, 0.2) is 0 Å². The summed E-state index contributed by atoms with van der Waals surface area (Å²) < 4.78 is 0. The van der Waals surface area contributed by atoms with Crippen molar-refractivity contribution in [1.29, 1.82) is 0 Å². The Bertz CT molecular complexity index is 674. The zero-order valence-corrected chi connectivity index (χ0v) is 13.9. The number of carbonyl (C=O) groups is 1. The first-order valence-electron chi connectivity index (χ1n) is 8.36. The van der Waals surface area contributed by atoms with Crippen molar-refractivity contribution in [1.82, 2.24) is 15.2 Å². The number of fused-ring (bicyclic) bond motifs is 1. The first-order valence-corrected chi connectivity index (χ1v) is 9.18. The number of nitrogens with one attached hydrogen (secondary N) is 1. The maximum Gasteiger partial charge on any atom is 0.264 e. The lowest BCUT2D eigenvalue weighted by Gasteiger charge is -2.36. The third-order valence-corrected chi connectivity index (χ3v) is 6.01. The second-order valence-corrected chi connectivity index (χ2v) is 7.41. The number of amides is 1. The van der Waals surface area contributed by atoms with Crippen LogP contribution >= 0.6 is 11.3 Å². The summed E-state index contributed by atoms with van der Waals surface area (Å²) in [5.74, 6) is 0.180. The van der Waals surface area contributed by atoms with Crippen molar-refractivity contribution in [3.8, 4) is 0 Å². The number of thiophene rings is 1. The van der Waals surface area contributed by atoms with E-state index in [1.165, 1.54) is 23.3 Å². The molecule has 4 nitrogen and oxygen atoms in total.